The molecule has 0 saturated carbocycles. The molecule has 0 fully saturated rings. The second kappa shape index (κ2) is 48.9. The number of carbonyl (C=O) groups is 1. The number of esters is 1. The number of hydrogen-bond donors (Lipinski definition) is 1. The Labute approximate surface area is 403 Å². The molecule has 382 valence electrons. The number of phosphoric acid groups is 1. The van der Waals surface area contributed by atoms with Crippen LogP contribution in [0.25, 0.3) is 0 Å². The molecule has 0 spiro atoms. The van der Waals surface area contributed by atoms with Crippen molar-refractivity contribution < 1.29 is 37.3 Å². The van der Waals surface area contributed by atoms with Crippen LogP contribution in [0.1, 0.15) is 245 Å². The predicted octanol–water partition coefficient (Wildman–Crippen LogP) is 17.1. The summed E-state index contributed by atoms with van der Waals surface area (Å²) in [7, 11) is 1.67. The average Bonchev–Trinajstić information content (AvgIpc) is 3.27. The highest BCUT2D eigenvalue weighted by atomic mass is 31.2. The van der Waals surface area contributed by atoms with Crippen molar-refractivity contribution in [3.05, 3.63) is 48.6 Å². The topological polar surface area (TPSA) is 91.3 Å². The molecule has 0 aliphatic carbocycles. The van der Waals surface area contributed by atoms with Crippen molar-refractivity contribution in [3.8, 4) is 0 Å². The molecule has 0 radical (unpaired) electrons. The smallest absolute Gasteiger partial charge is 0.457 e. The fourth-order valence-electron chi connectivity index (χ4n) is 7.72. The van der Waals surface area contributed by atoms with E-state index in [1.54, 1.807) is 0 Å². The Morgan fingerprint density at radius 2 is 0.892 bits per heavy atom. The van der Waals surface area contributed by atoms with Crippen LogP contribution in [0.2, 0.25) is 0 Å². The van der Waals surface area contributed by atoms with E-state index >= 15 is 0 Å². The molecule has 1 N–H and O–H groups in total. The standard InChI is InChI=1S/C56H106NO7P/c1-6-8-10-12-14-16-18-20-22-24-26-27-28-29-30-32-34-36-38-40-42-44-46-48-51-61-53-55(54-63-65(59,60)62-52-50-57(3,4)5)64-56(58)49-47-45-43-41-39-37-35-33-31-25-23-21-19-17-15-13-11-9-7-2/h8,10,14,16,20,22,26-27,55H,6-7,9,11-13,15,17-19,21,23-25,28-54H2,1-5H3/p+1/b10-8-,16-14-,22-20-,27-26-. The lowest BCUT2D eigenvalue weighted by molar-refractivity contribution is -0.870. The number of quaternary nitrogens is 1. The van der Waals surface area contributed by atoms with Crippen molar-refractivity contribution in [2.45, 2.75) is 251 Å². The Hall–Kier alpha value is -1.54. The minimum atomic E-state index is -4.28. The number of allylic oxidation sites excluding steroid dienone is 8. The number of likely N-dealkylation sites (N-methyl/N-ethyl adjacent to an activating group) is 1. The molecule has 0 aromatic rings. The second-order valence-corrected chi connectivity index (χ2v) is 21.0. The van der Waals surface area contributed by atoms with Crippen LogP contribution in [0, 0.1) is 0 Å². The third-order valence-electron chi connectivity index (χ3n) is 11.9. The maximum atomic E-state index is 12.8. The van der Waals surface area contributed by atoms with E-state index in [1.165, 1.54) is 167 Å². The number of ether oxygens (including phenoxy) is 2. The molecule has 0 aliphatic rings. The number of unbranched alkanes of at least 4 members (excludes halogenated alkanes) is 29. The predicted molar refractivity (Wildman–Crippen MR) is 279 cm³/mol. The van der Waals surface area contributed by atoms with E-state index in [0.717, 1.165) is 57.8 Å². The number of phosphoric ester groups is 1. The highest BCUT2D eigenvalue weighted by Crippen LogP contribution is 2.43. The highest BCUT2D eigenvalue weighted by Gasteiger charge is 2.26. The van der Waals surface area contributed by atoms with E-state index in [9.17, 15) is 14.3 Å². The van der Waals surface area contributed by atoms with Gasteiger partial charge in [0.2, 0.25) is 0 Å². The van der Waals surface area contributed by atoms with Gasteiger partial charge in [0, 0.05) is 13.0 Å². The zero-order valence-corrected chi connectivity index (χ0v) is 44.4. The van der Waals surface area contributed by atoms with Crippen LogP contribution in [0.4, 0.5) is 0 Å². The highest BCUT2D eigenvalue weighted by molar-refractivity contribution is 7.47. The molecule has 2 unspecified atom stereocenters. The summed E-state index contributed by atoms with van der Waals surface area (Å²) >= 11 is 0. The SMILES string of the molecule is CC/C=C\C/C=C\C/C=C\C/C=C\CCCCCCCCCCCCCOCC(COP(=O)(O)OCC[N+](C)(C)C)OC(=O)CCCCCCCCCCCCCCCCCCCCC. The van der Waals surface area contributed by atoms with Crippen LogP contribution in [0.5, 0.6) is 0 Å². The maximum Gasteiger partial charge on any atom is 0.472 e. The van der Waals surface area contributed by atoms with Crippen molar-refractivity contribution in [2.75, 3.05) is 54.1 Å². The van der Waals surface area contributed by atoms with E-state index in [1.807, 2.05) is 21.1 Å². The van der Waals surface area contributed by atoms with Crippen LogP contribution in [0.15, 0.2) is 48.6 Å². The monoisotopic (exact) mass is 937 g/mol. The van der Waals surface area contributed by atoms with Gasteiger partial charge >= 0.3 is 13.8 Å². The molecular weight excluding hydrogens is 830 g/mol. The molecule has 2 atom stereocenters. The molecule has 9 heteroatoms. The fraction of sp³-hybridized carbons (Fsp3) is 0.839. The lowest BCUT2D eigenvalue weighted by Crippen LogP contribution is -2.37. The van der Waals surface area contributed by atoms with Crippen LogP contribution >= 0.6 is 7.82 Å². The van der Waals surface area contributed by atoms with Crippen molar-refractivity contribution >= 4 is 13.8 Å². The number of carbonyl (C=O) groups excluding carboxylic acids is 1. The molecule has 0 saturated heterocycles. The average molecular weight is 937 g/mol. The van der Waals surface area contributed by atoms with Gasteiger partial charge in [-0.1, -0.05) is 236 Å². The third kappa shape index (κ3) is 53.3. The lowest BCUT2D eigenvalue weighted by atomic mass is 10.0. The van der Waals surface area contributed by atoms with Crippen molar-refractivity contribution in [1.29, 1.82) is 0 Å². The molecule has 65 heavy (non-hydrogen) atoms. The number of rotatable bonds is 51. The minimum Gasteiger partial charge on any atom is -0.457 e. The summed E-state index contributed by atoms with van der Waals surface area (Å²) in [5.41, 5.74) is 0. The molecule has 0 rings (SSSR count). The fourth-order valence-corrected chi connectivity index (χ4v) is 8.46. The van der Waals surface area contributed by atoms with Gasteiger partial charge in [-0.3, -0.25) is 13.8 Å². The summed E-state index contributed by atoms with van der Waals surface area (Å²) in [6, 6.07) is 0. The normalized spacial score (nSPS) is 13.9. The van der Waals surface area contributed by atoms with Gasteiger partial charge in [-0.15, -0.1) is 0 Å². The Balaban J connectivity index is 4.08. The van der Waals surface area contributed by atoms with Crippen molar-refractivity contribution in [3.63, 3.8) is 0 Å². The van der Waals surface area contributed by atoms with E-state index in [2.05, 4.69) is 62.5 Å². The third-order valence-corrected chi connectivity index (χ3v) is 12.9. The number of hydrogen-bond acceptors (Lipinski definition) is 6. The second-order valence-electron chi connectivity index (χ2n) is 19.6. The van der Waals surface area contributed by atoms with Gasteiger partial charge in [0.05, 0.1) is 34.4 Å². The summed E-state index contributed by atoms with van der Waals surface area (Å²) in [4.78, 5) is 23.0. The molecule has 0 aliphatic heterocycles. The van der Waals surface area contributed by atoms with Gasteiger partial charge in [-0.25, -0.2) is 4.57 Å². The molecule has 0 amide bonds. The first-order valence-electron chi connectivity index (χ1n) is 27.4. The molecule has 0 heterocycles. The van der Waals surface area contributed by atoms with Crippen LogP contribution in [-0.4, -0.2) is 75.6 Å². The Morgan fingerprint density at radius 1 is 0.492 bits per heavy atom. The molecule has 8 nitrogen and oxygen atoms in total. The van der Waals surface area contributed by atoms with Gasteiger partial charge in [0.1, 0.15) is 19.3 Å². The van der Waals surface area contributed by atoms with E-state index in [4.69, 9.17) is 18.5 Å². The van der Waals surface area contributed by atoms with Gasteiger partial charge in [-0.05, 0) is 51.4 Å². The first-order chi connectivity index (χ1) is 31.6. The minimum absolute atomic E-state index is 0.0887. The summed E-state index contributed by atoms with van der Waals surface area (Å²) in [5, 5.41) is 0. The van der Waals surface area contributed by atoms with Gasteiger partial charge in [0.25, 0.3) is 0 Å². The Bertz CT molecular complexity index is 1180. The van der Waals surface area contributed by atoms with Crippen molar-refractivity contribution in [2.24, 2.45) is 0 Å². The van der Waals surface area contributed by atoms with E-state index in [0.29, 0.717) is 24.1 Å². The molecular formula is C56H107NO7P+. The molecule has 0 aromatic carbocycles. The van der Waals surface area contributed by atoms with Gasteiger partial charge in [-0.2, -0.15) is 0 Å². The van der Waals surface area contributed by atoms with Gasteiger partial charge < -0.3 is 18.9 Å². The summed E-state index contributed by atoms with van der Waals surface area (Å²) in [6.07, 6.45) is 61.6. The van der Waals surface area contributed by atoms with Crippen LogP contribution < -0.4 is 0 Å². The molecule has 0 bridgehead atoms. The van der Waals surface area contributed by atoms with Gasteiger partial charge in [0.15, 0.2) is 0 Å². The van der Waals surface area contributed by atoms with Crippen LogP contribution in [-0.2, 0) is 27.9 Å². The molecule has 0 aromatic heterocycles. The zero-order chi connectivity index (χ0) is 47.6. The zero-order valence-electron chi connectivity index (χ0n) is 43.5. The van der Waals surface area contributed by atoms with E-state index in [-0.39, 0.29) is 25.8 Å². The largest absolute Gasteiger partial charge is 0.472 e. The quantitative estimate of drug-likeness (QED) is 0.0214. The Morgan fingerprint density at radius 3 is 1.34 bits per heavy atom. The van der Waals surface area contributed by atoms with E-state index < -0.39 is 13.9 Å². The maximum absolute atomic E-state index is 12.8. The summed E-state index contributed by atoms with van der Waals surface area (Å²) < 4.78 is 35.2. The lowest BCUT2D eigenvalue weighted by Gasteiger charge is -2.24. The summed E-state index contributed by atoms with van der Waals surface area (Å²) in [6.45, 7) is 5.55. The number of nitrogens with zero attached hydrogens (tertiary/aromatic N) is 1. The summed E-state index contributed by atoms with van der Waals surface area (Å²) in [5.74, 6) is -0.310. The van der Waals surface area contributed by atoms with Crippen LogP contribution in [0.3, 0.4) is 0 Å². The Kier molecular flexibility index (Phi) is 47.7. The first kappa shape index (κ1) is 63.5. The van der Waals surface area contributed by atoms with Crippen molar-refractivity contribution in [1.82, 2.24) is 0 Å². The first-order valence-corrected chi connectivity index (χ1v) is 28.9.